The van der Waals surface area contributed by atoms with Crippen molar-refractivity contribution in [2.24, 2.45) is 0 Å². The average molecular weight is 251 g/mol. The molecule has 1 aromatic rings. The molecule has 6 heteroatoms. The van der Waals surface area contributed by atoms with Gasteiger partial charge < -0.3 is 9.47 Å². The Bertz CT molecular complexity index is 521. The van der Waals surface area contributed by atoms with E-state index in [4.69, 9.17) is 10.00 Å². The lowest BCUT2D eigenvalue weighted by Crippen LogP contribution is -2.23. The third-order valence-electron chi connectivity index (χ3n) is 2.28. The first-order chi connectivity index (χ1) is 8.54. The Kier molecular flexibility index (Phi) is 4.38. The first-order valence-electron chi connectivity index (χ1n) is 4.90. The molecule has 0 aliphatic heterocycles. The van der Waals surface area contributed by atoms with Crippen molar-refractivity contribution in [3.8, 4) is 11.8 Å². The molecule has 5 nitrogen and oxygen atoms in total. The van der Waals surface area contributed by atoms with Gasteiger partial charge in [0.05, 0.1) is 20.3 Å². The largest absolute Gasteiger partial charge is 0.496 e. The van der Waals surface area contributed by atoms with Gasteiger partial charge in [-0.3, -0.25) is 4.79 Å². The molecule has 1 unspecified atom stereocenters. The van der Waals surface area contributed by atoms with Gasteiger partial charge in [-0.05, 0) is 18.2 Å². The highest BCUT2D eigenvalue weighted by Gasteiger charge is 2.30. The van der Waals surface area contributed by atoms with Crippen molar-refractivity contribution in [1.82, 2.24) is 0 Å². The van der Waals surface area contributed by atoms with Crippen molar-refractivity contribution in [2.75, 3.05) is 14.2 Å². The molecular weight excluding hydrogens is 241 g/mol. The van der Waals surface area contributed by atoms with Gasteiger partial charge in [0.15, 0.2) is 0 Å². The van der Waals surface area contributed by atoms with Gasteiger partial charge in [0, 0.05) is 5.56 Å². The van der Waals surface area contributed by atoms with Crippen LogP contribution in [0, 0.1) is 17.1 Å². The molecule has 1 rings (SSSR count). The Labute approximate surface area is 103 Å². The van der Waals surface area contributed by atoms with Crippen molar-refractivity contribution < 1.29 is 23.5 Å². The van der Waals surface area contributed by atoms with Crippen LogP contribution in [0.3, 0.4) is 0 Å². The molecular formula is C12H10FNO4. The smallest absolute Gasteiger partial charge is 0.376 e. The van der Waals surface area contributed by atoms with Crippen molar-refractivity contribution in [1.29, 1.82) is 5.26 Å². The summed E-state index contributed by atoms with van der Waals surface area (Å²) in [6.45, 7) is 0. The molecule has 1 atom stereocenters. The van der Waals surface area contributed by atoms with Crippen molar-refractivity contribution in [3.63, 3.8) is 0 Å². The second kappa shape index (κ2) is 5.77. The maximum Gasteiger partial charge on any atom is 0.376 e. The molecule has 0 amide bonds. The van der Waals surface area contributed by atoms with Gasteiger partial charge in [-0.25, -0.2) is 9.18 Å². The second-order valence-electron chi connectivity index (χ2n) is 3.30. The fraction of sp³-hybridized carbons (Fsp3) is 0.250. The summed E-state index contributed by atoms with van der Waals surface area (Å²) in [6, 6.07) is 5.02. The monoisotopic (exact) mass is 251 g/mol. The number of hydrogen-bond acceptors (Lipinski definition) is 5. The van der Waals surface area contributed by atoms with E-state index in [0.29, 0.717) is 0 Å². The van der Waals surface area contributed by atoms with Crippen LogP contribution in [0.2, 0.25) is 0 Å². The predicted molar refractivity (Wildman–Crippen MR) is 58.3 cm³/mol. The van der Waals surface area contributed by atoms with Gasteiger partial charge in [-0.15, -0.1) is 0 Å². The van der Waals surface area contributed by atoms with E-state index < -0.39 is 23.5 Å². The number of nitrogens with zero attached hydrogens (tertiary/aromatic N) is 1. The highest BCUT2D eigenvalue weighted by molar-refractivity contribution is 6.36. The van der Waals surface area contributed by atoms with E-state index in [0.717, 1.165) is 19.2 Å². The highest BCUT2D eigenvalue weighted by atomic mass is 19.1. The third kappa shape index (κ3) is 2.63. The van der Waals surface area contributed by atoms with Crippen LogP contribution in [-0.2, 0) is 14.3 Å². The number of Topliss-reactive ketones (excluding diaryl/α,β-unsaturated/α-hetero) is 1. The zero-order valence-electron chi connectivity index (χ0n) is 9.77. The number of carbonyl (C=O) groups is 2. The van der Waals surface area contributed by atoms with Crippen LogP contribution in [0.15, 0.2) is 18.2 Å². The Balaban J connectivity index is 3.25. The SMILES string of the molecule is COC(=O)C(=O)C(C#N)c1cc(F)ccc1OC. The number of carbonyl (C=O) groups excluding carboxylic acids is 2. The molecule has 0 heterocycles. The maximum absolute atomic E-state index is 13.1. The molecule has 0 saturated carbocycles. The summed E-state index contributed by atoms with van der Waals surface area (Å²) in [4.78, 5) is 22.7. The van der Waals surface area contributed by atoms with E-state index in [-0.39, 0.29) is 11.3 Å². The third-order valence-corrected chi connectivity index (χ3v) is 2.28. The molecule has 0 radical (unpaired) electrons. The summed E-state index contributed by atoms with van der Waals surface area (Å²) in [5.41, 5.74) is -0.00426. The van der Waals surface area contributed by atoms with Gasteiger partial charge in [0.25, 0.3) is 5.78 Å². The van der Waals surface area contributed by atoms with E-state index in [1.807, 2.05) is 0 Å². The minimum absolute atomic E-state index is 0.00426. The van der Waals surface area contributed by atoms with E-state index in [2.05, 4.69) is 4.74 Å². The van der Waals surface area contributed by atoms with E-state index >= 15 is 0 Å². The number of hydrogen-bond donors (Lipinski definition) is 0. The molecule has 0 aliphatic rings. The molecule has 0 fully saturated rings. The molecule has 1 aromatic carbocycles. The van der Waals surface area contributed by atoms with Gasteiger partial charge >= 0.3 is 5.97 Å². The fourth-order valence-electron chi connectivity index (χ4n) is 1.42. The number of ketones is 1. The first kappa shape index (κ1) is 13.6. The minimum atomic E-state index is -1.46. The Morgan fingerprint density at radius 1 is 1.39 bits per heavy atom. The van der Waals surface area contributed by atoms with E-state index in [1.54, 1.807) is 6.07 Å². The van der Waals surface area contributed by atoms with E-state index in [1.165, 1.54) is 13.2 Å². The van der Waals surface area contributed by atoms with Crippen LogP contribution in [0.1, 0.15) is 11.5 Å². The molecule has 0 spiro atoms. The standard InChI is InChI=1S/C12H10FNO4/c1-17-10-4-3-7(13)5-8(10)9(6-14)11(15)12(16)18-2/h3-5,9H,1-2H3. The summed E-state index contributed by atoms with van der Waals surface area (Å²) in [7, 11) is 2.34. The maximum atomic E-state index is 13.1. The van der Waals surface area contributed by atoms with Crippen LogP contribution in [0.25, 0.3) is 0 Å². The molecule has 0 aliphatic carbocycles. The summed E-state index contributed by atoms with van der Waals surface area (Å²) in [5, 5.41) is 8.95. The predicted octanol–water partition coefficient (Wildman–Crippen LogP) is 1.18. The Morgan fingerprint density at radius 3 is 2.56 bits per heavy atom. The van der Waals surface area contributed by atoms with E-state index in [9.17, 15) is 14.0 Å². The van der Waals surface area contributed by atoms with Gasteiger partial charge in [-0.1, -0.05) is 0 Å². The van der Waals surface area contributed by atoms with Crippen LogP contribution < -0.4 is 4.74 Å². The number of benzene rings is 1. The summed E-state index contributed by atoms with van der Waals surface area (Å²) < 4.78 is 22.3. The number of halogens is 1. The quantitative estimate of drug-likeness (QED) is 0.593. The van der Waals surface area contributed by atoms with Crippen LogP contribution >= 0.6 is 0 Å². The van der Waals surface area contributed by atoms with Crippen molar-refractivity contribution in [3.05, 3.63) is 29.6 Å². The van der Waals surface area contributed by atoms with Gasteiger partial charge in [0.2, 0.25) is 0 Å². The molecule has 0 bridgehead atoms. The number of rotatable bonds is 4. The average Bonchev–Trinajstić information content (AvgIpc) is 2.38. The number of esters is 1. The first-order valence-corrected chi connectivity index (χ1v) is 4.90. The molecule has 0 N–H and O–H groups in total. The lowest BCUT2D eigenvalue weighted by Gasteiger charge is -2.11. The minimum Gasteiger partial charge on any atom is -0.496 e. The van der Waals surface area contributed by atoms with Crippen LogP contribution in [0.4, 0.5) is 4.39 Å². The molecule has 18 heavy (non-hydrogen) atoms. The molecule has 0 saturated heterocycles. The number of nitriles is 1. The van der Waals surface area contributed by atoms with Crippen LogP contribution in [-0.4, -0.2) is 26.0 Å². The highest BCUT2D eigenvalue weighted by Crippen LogP contribution is 2.28. The molecule has 0 aromatic heterocycles. The zero-order chi connectivity index (χ0) is 13.7. The van der Waals surface area contributed by atoms with Crippen molar-refractivity contribution >= 4 is 11.8 Å². The topological polar surface area (TPSA) is 76.4 Å². The van der Waals surface area contributed by atoms with Crippen LogP contribution in [0.5, 0.6) is 5.75 Å². The lowest BCUT2D eigenvalue weighted by atomic mass is 9.95. The van der Waals surface area contributed by atoms with Gasteiger partial charge in [-0.2, -0.15) is 5.26 Å². The summed E-state index contributed by atoms with van der Waals surface area (Å²) in [5.74, 6) is -4.16. The van der Waals surface area contributed by atoms with Gasteiger partial charge in [0.1, 0.15) is 17.5 Å². The Morgan fingerprint density at radius 2 is 2.06 bits per heavy atom. The second-order valence-corrected chi connectivity index (χ2v) is 3.30. The zero-order valence-corrected chi connectivity index (χ0v) is 9.77. The number of methoxy groups -OCH3 is 2. The lowest BCUT2D eigenvalue weighted by molar-refractivity contribution is -0.151. The molecule has 94 valence electrons. The Hall–Kier alpha value is -2.42. The van der Waals surface area contributed by atoms with Crippen molar-refractivity contribution in [2.45, 2.75) is 5.92 Å². The fourth-order valence-corrected chi connectivity index (χ4v) is 1.42. The summed E-state index contributed by atoms with van der Waals surface area (Å²) in [6.07, 6.45) is 0. The normalized spacial score (nSPS) is 11.2. The number of ether oxygens (including phenoxy) is 2. The summed E-state index contributed by atoms with van der Waals surface area (Å²) >= 11 is 0.